The van der Waals surface area contributed by atoms with Crippen molar-refractivity contribution >= 4 is 35.0 Å². The Morgan fingerprint density at radius 2 is 1.55 bits per heavy atom. The molecule has 3 aromatic rings. The Balaban J connectivity index is 0.00000385. The first-order chi connectivity index (χ1) is 15.5. The number of nitrogens with zero attached hydrogens (tertiary/aromatic N) is 1. The molecular weight excluding hydrogens is 440 g/mol. The van der Waals surface area contributed by atoms with Gasteiger partial charge in [0.15, 0.2) is 0 Å². The normalized spacial score (nSPS) is 10.7. The Kier molecular flexibility index (Phi) is 10.3. The van der Waals surface area contributed by atoms with Crippen molar-refractivity contribution in [2.75, 3.05) is 19.6 Å². The van der Waals surface area contributed by atoms with Crippen molar-refractivity contribution in [3.63, 3.8) is 0 Å². The van der Waals surface area contributed by atoms with Gasteiger partial charge in [0.1, 0.15) is 0 Å². The highest BCUT2D eigenvalue weighted by atomic mass is 35.5. The first-order valence-electron chi connectivity index (χ1n) is 10.9. The number of hydroxylamine groups is 1. The predicted octanol–water partition coefficient (Wildman–Crippen LogP) is 3.70. The standard InChI is InChI=1S/C25H30N4O3.ClH/c1-3-29(4-2)14-13-18-15-21-7-5-6-8-23(21)22(16-18)17-26-27-24(30)19-9-11-20(12-10-19)25(31)28-32;/h5-12,15-16,26,32H,3-4,13-14,17H2,1-2H3,(H,27,30)(H,28,31);1H. The summed E-state index contributed by atoms with van der Waals surface area (Å²) >= 11 is 0. The topological polar surface area (TPSA) is 93.7 Å². The fourth-order valence-corrected chi connectivity index (χ4v) is 3.71. The van der Waals surface area contributed by atoms with Crippen molar-refractivity contribution in [2.24, 2.45) is 0 Å². The second-order valence-electron chi connectivity index (χ2n) is 7.58. The number of hydrogen-bond donors (Lipinski definition) is 4. The second kappa shape index (κ2) is 12.9. The average molecular weight is 471 g/mol. The quantitative estimate of drug-likeness (QED) is 0.268. The van der Waals surface area contributed by atoms with Gasteiger partial charge in [0.25, 0.3) is 11.8 Å². The largest absolute Gasteiger partial charge is 0.304 e. The second-order valence-corrected chi connectivity index (χ2v) is 7.58. The summed E-state index contributed by atoms with van der Waals surface area (Å²) in [4.78, 5) is 26.2. The molecular formula is C25H31ClN4O3. The molecule has 2 amide bonds. The van der Waals surface area contributed by atoms with E-state index in [0.717, 1.165) is 37.0 Å². The van der Waals surface area contributed by atoms with E-state index in [9.17, 15) is 9.59 Å². The summed E-state index contributed by atoms with van der Waals surface area (Å²) in [5.41, 5.74) is 10.4. The number of carbonyl (C=O) groups excluding carboxylic acids is 2. The van der Waals surface area contributed by atoms with Gasteiger partial charge in [-0.2, -0.15) is 0 Å². The number of rotatable bonds is 10. The highest BCUT2D eigenvalue weighted by Crippen LogP contribution is 2.22. The van der Waals surface area contributed by atoms with E-state index >= 15 is 0 Å². The number of halogens is 1. The summed E-state index contributed by atoms with van der Waals surface area (Å²) in [6.07, 6.45) is 0.972. The summed E-state index contributed by atoms with van der Waals surface area (Å²) in [7, 11) is 0. The zero-order valence-electron chi connectivity index (χ0n) is 18.9. The molecule has 33 heavy (non-hydrogen) atoms. The van der Waals surface area contributed by atoms with E-state index in [2.05, 4.69) is 53.9 Å². The summed E-state index contributed by atoms with van der Waals surface area (Å²) in [5.74, 6) is -0.925. The van der Waals surface area contributed by atoms with Gasteiger partial charge in [0.2, 0.25) is 0 Å². The van der Waals surface area contributed by atoms with Gasteiger partial charge in [0, 0.05) is 24.2 Å². The molecule has 0 fully saturated rings. The number of carbonyl (C=O) groups is 2. The lowest BCUT2D eigenvalue weighted by Crippen LogP contribution is -2.36. The third-order valence-corrected chi connectivity index (χ3v) is 5.61. The van der Waals surface area contributed by atoms with Gasteiger partial charge in [0.05, 0.1) is 0 Å². The SMILES string of the molecule is CCN(CC)CCc1cc(CNNC(=O)c2ccc(C(=O)NO)cc2)c2ccccc2c1.Cl. The van der Waals surface area contributed by atoms with Crippen LogP contribution in [-0.4, -0.2) is 41.6 Å². The van der Waals surface area contributed by atoms with E-state index < -0.39 is 5.91 Å². The molecule has 0 spiro atoms. The molecule has 0 unspecified atom stereocenters. The third kappa shape index (κ3) is 7.00. The van der Waals surface area contributed by atoms with Crippen molar-refractivity contribution < 1.29 is 14.8 Å². The minimum atomic E-state index is -0.622. The highest BCUT2D eigenvalue weighted by molar-refractivity contribution is 5.97. The van der Waals surface area contributed by atoms with Crippen LogP contribution < -0.4 is 16.3 Å². The van der Waals surface area contributed by atoms with Gasteiger partial charge >= 0.3 is 0 Å². The number of nitrogens with one attached hydrogen (secondary N) is 3. The van der Waals surface area contributed by atoms with E-state index in [1.165, 1.54) is 35.2 Å². The van der Waals surface area contributed by atoms with Gasteiger partial charge < -0.3 is 4.90 Å². The van der Waals surface area contributed by atoms with E-state index in [0.29, 0.717) is 12.1 Å². The molecule has 8 heteroatoms. The Morgan fingerprint density at radius 1 is 0.909 bits per heavy atom. The smallest absolute Gasteiger partial charge is 0.274 e. The summed E-state index contributed by atoms with van der Waals surface area (Å²) < 4.78 is 0. The molecule has 0 saturated heterocycles. The van der Waals surface area contributed by atoms with E-state index in [1.807, 2.05) is 12.1 Å². The maximum atomic E-state index is 12.4. The van der Waals surface area contributed by atoms with Crippen molar-refractivity contribution in [2.45, 2.75) is 26.8 Å². The number of fused-ring (bicyclic) bond motifs is 1. The molecule has 0 bridgehead atoms. The maximum absolute atomic E-state index is 12.4. The van der Waals surface area contributed by atoms with Crippen LogP contribution in [0.15, 0.2) is 60.7 Å². The lowest BCUT2D eigenvalue weighted by molar-refractivity contribution is 0.0706. The van der Waals surface area contributed by atoms with Crippen LogP contribution in [-0.2, 0) is 13.0 Å². The van der Waals surface area contributed by atoms with Gasteiger partial charge in [-0.3, -0.25) is 20.2 Å². The molecule has 3 rings (SSSR count). The molecule has 0 heterocycles. The molecule has 3 aromatic carbocycles. The molecule has 4 N–H and O–H groups in total. The first-order valence-corrected chi connectivity index (χ1v) is 10.9. The molecule has 0 aliphatic carbocycles. The van der Waals surface area contributed by atoms with Crippen LogP contribution in [0.25, 0.3) is 10.8 Å². The molecule has 0 atom stereocenters. The maximum Gasteiger partial charge on any atom is 0.274 e. The zero-order chi connectivity index (χ0) is 22.9. The van der Waals surface area contributed by atoms with E-state index in [4.69, 9.17) is 5.21 Å². The Labute approximate surface area is 200 Å². The van der Waals surface area contributed by atoms with E-state index in [-0.39, 0.29) is 23.9 Å². The van der Waals surface area contributed by atoms with Crippen LogP contribution in [0.1, 0.15) is 45.7 Å². The number of hydrogen-bond acceptors (Lipinski definition) is 5. The lowest BCUT2D eigenvalue weighted by Gasteiger charge is -2.18. The van der Waals surface area contributed by atoms with Gasteiger partial charge in [-0.15, -0.1) is 12.4 Å². The Morgan fingerprint density at radius 3 is 2.18 bits per heavy atom. The molecule has 176 valence electrons. The van der Waals surface area contributed by atoms with Crippen LogP contribution in [0, 0.1) is 0 Å². The minimum absolute atomic E-state index is 0. The van der Waals surface area contributed by atoms with Crippen molar-refractivity contribution in [3.8, 4) is 0 Å². The van der Waals surface area contributed by atoms with Crippen LogP contribution in [0.2, 0.25) is 0 Å². The van der Waals surface area contributed by atoms with Crippen LogP contribution >= 0.6 is 12.4 Å². The van der Waals surface area contributed by atoms with E-state index in [1.54, 1.807) is 5.48 Å². The molecule has 0 aromatic heterocycles. The summed E-state index contributed by atoms with van der Waals surface area (Å²) in [6.45, 7) is 7.93. The molecule has 7 nitrogen and oxygen atoms in total. The number of likely N-dealkylation sites (N-methyl/N-ethyl adjacent to an activating group) is 1. The highest BCUT2D eigenvalue weighted by Gasteiger charge is 2.10. The Bertz CT molecular complexity index is 1070. The predicted molar refractivity (Wildman–Crippen MR) is 133 cm³/mol. The van der Waals surface area contributed by atoms with Crippen molar-refractivity contribution in [1.82, 2.24) is 21.2 Å². The zero-order valence-corrected chi connectivity index (χ0v) is 19.7. The van der Waals surface area contributed by atoms with Gasteiger partial charge in [-0.05, 0) is 65.7 Å². The Hall–Kier alpha value is -2.97. The van der Waals surface area contributed by atoms with Gasteiger partial charge in [-0.1, -0.05) is 50.2 Å². The average Bonchev–Trinajstić information content (AvgIpc) is 2.84. The number of amides is 2. The molecule has 0 aliphatic rings. The fourth-order valence-electron chi connectivity index (χ4n) is 3.71. The first kappa shape index (κ1) is 26.3. The molecule has 0 aliphatic heterocycles. The van der Waals surface area contributed by atoms with Gasteiger partial charge in [-0.25, -0.2) is 10.9 Å². The van der Waals surface area contributed by atoms with Crippen LogP contribution in [0.4, 0.5) is 0 Å². The summed E-state index contributed by atoms with van der Waals surface area (Å²) in [6, 6.07) is 18.7. The fraction of sp³-hybridized carbons (Fsp3) is 0.280. The van der Waals surface area contributed by atoms with Crippen LogP contribution in [0.5, 0.6) is 0 Å². The monoisotopic (exact) mass is 470 g/mol. The van der Waals surface area contributed by atoms with Crippen molar-refractivity contribution in [3.05, 3.63) is 82.9 Å². The van der Waals surface area contributed by atoms with Crippen molar-refractivity contribution in [1.29, 1.82) is 0 Å². The number of benzene rings is 3. The summed E-state index contributed by atoms with van der Waals surface area (Å²) in [5, 5.41) is 11.0. The molecule has 0 radical (unpaired) electrons. The lowest BCUT2D eigenvalue weighted by atomic mass is 9.99. The van der Waals surface area contributed by atoms with Crippen LogP contribution in [0.3, 0.4) is 0 Å². The minimum Gasteiger partial charge on any atom is -0.304 e. The molecule has 0 saturated carbocycles. The third-order valence-electron chi connectivity index (χ3n) is 5.61. The number of hydrazine groups is 1.